The molecule has 1 aromatic carbocycles. The summed E-state index contributed by atoms with van der Waals surface area (Å²) in [6, 6.07) is 5.32. The van der Waals surface area contributed by atoms with Crippen LogP contribution in [0.1, 0.15) is 34.3 Å². The summed E-state index contributed by atoms with van der Waals surface area (Å²) < 4.78 is 4.77. The van der Waals surface area contributed by atoms with Crippen LogP contribution in [0.2, 0.25) is 0 Å². The minimum absolute atomic E-state index is 0.0836. The SMILES string of the molecule is COC(=O)C1CCCN1C(=O)c1cc(C)cc(C)c1. The largest absolute Gasteiger partial charge is 0.467 e. The first-order valence-electron chi connectivity index (χ1n) is 6.50. The summed E-state index contributed by atoms with van der Waals surface area (Å²) in [6.45, 7) is 4.54. The highest BCUT2D eigenvalue weighted by Crippen LogP contribution is 2.22. The molecule has 102 valence electrons. The number of likely N-dealkylation sites (tertiary alicyclic amines) is 1. The molecule has 1 aliphatic heterocycles. The summed E-state index contributed by atoms with van der Waals surface area (Å²) in [5, 5.41) is 0. The van der Waals surface area contributed by atoms with Crippen molar-refractivity contribution in [2.45, 2.75) is 32.7 Å². The molecule has 0 aliphatic carbocycles. The zero-order valence-electron chi connectivity index (χ0n) is 11.6. The molecule has 1 atom stereocenters. The highest BCUT2D eigenvalue weighted by molar-refractivity contribution is 5.97. The van der Waals surface area contributed by atoms with Gasteiger partial charge in [0, 0.05) is 12.1 Å². The molecule has 1 unspecified atom stereocenters. The number of rotatable bonds is 2. The number of benzene rings is 1. The van der Waals surface area contributed by atoms with Gasteiger partial charge in [0.15, 0.2) is 0 Å². The summed E-state index contributed by atoms with van der Waals surface area (Å²) in [4.78, 5) is 25.8. The molecule has 0 bridgehead atoms. The van der Waals surface area contributed by atoms with Gasteiger partial charge in [0.2, 0.25) is 0 Å². The quantitative estimate of drug-likeness (QED) is 0.766. The molecule has 1 aromatic rings. The van der Waals surface area contributed by atoms with Crippen LogP contribution < -0.4 is 0 Å². The minimum Gasteiger partial charge on any atom is -0.467 e. The van der Waals surface area contributed by atoms with Gasteiger partial charge in [-0.1, -0.05) is 17.2 Å². The van der Waals surface area contributed by atoms with Crippen molar-refractivity contribution in [3.63, 3.8) is 0 Å². The lowest BCUT2D eigenvalue weighted by Gasteiger charge is -2.23. The Labute approximate surface area is 113 Å². The van der Waals surface area contributed by atoms with Gasteiger partial charge in [0.25, 0.3) is 5.91 Å². The van der Waals surface area contributed by atoms with Gasteiger partial charge in [0.05, 0.1) is 7.11 Å². The number of hydrogen-bond donors (Lipinski definition) is 0. The number of ether oxygens (including phenoxy) is 1. The van der Waals surface area contributed by atoms with Gasteiger partial charge >= 0.3 is 5.97 Å². The molecule has 2 rings (SSSR count). The second kappa shape index (κ2) is 5.43. The predicted molar refractivity (Wildman–Crippen MR) is 72.0 cm³/mol. The molecular weight excluding hydrogens is 242 g/mol. The highest BCUT2D eigenvalue weighted by atomic mass is 16.5. The molecule has 0 aromatic heterocycles. The van der Waals surface area contributed by atoms with E-state index in [9.17, 15) is 9.59 Å². The molecule has 4 nitrogen and oxygen atoms in total. The summed E-state index contributed by atoms with van der Waals surface area (Å²) in [7, 11) is 1.36. The zero-order valence-corrected chi connectivity index (χ0v) is 11.6. The second-order valence-electron chi connectivity index (χ2n) is 5.06. The van der Waals surface area contributed by atoms with E-state index in [2.05, 4.69) is 0 Å². The Morgan fingerprint density at radius 1 is 1.21 bits per heavy atom. The van der Waals surface area contributed by atoms with Crippen LogP contribution in [0.5, 0.6) is 0 Å². The van der Waals surface area contributed by atoms with Crippen LogP contribution in [-0.4, -0.2) is 36.5 Å². The van der Waals surface area contributed by atoms with Gasteiger partial charge in [-0.2, -0.15) is 0 Å². The zero-order chi connectivity index (χ0) is 14.0. The number of methoxy groups -OCH3 is 1. The molecular formula is C15H19NO3. The predicted octanol–water partition coefficient (Wildman–Crippen LogP) is 2.08. The third kappa shape index (κ3) is 2.78. The molecule has 1 heterocycles. The van der Waals surface area contributed by atoms with Gasteiger partial charge in [-0.05, 0) is 38.8 Å². The number of aryl methyl sites for hydroxylation is 2. The van der Waals surface area contributed by atoms with Gasteiger partial charge in [-0.25, -0.2) is 4.79 Å². The van der Waals surface area contributed by atoms with Crippen molar-refractivity contribution in [1.29, 1.82) is 0 Å². The molecule has 1 fully saturated rings. The maximum absolute atomic E-state index is 12.5. The third-order valence-electron chi connectivity index (χ3n) is 3.46. The molecule has 1 saturated heterocycles. The van der Waals surface area contributed by atoms with Crippen LogP contribution in [0, 0.1) is 13.8 Å². The van der Waals surface area contributed by atoms with Crippen LogP contribution >= 0.6 is 0 Å². The maximum Gasteiger partial charge on any atom is 0.328 e. The van der Waals surface area contributed by atoms with Crippen molar-refractivity contribution in [1.82, 2.24) is 4.90 Å². The first kappa shape index (κ1) is 13.6. The number of carbonyl (C=O) groups is 2. The Hall–Kier alpha value is -1.84. The molecule has 0 saturated carbocycles. The molecule has 1 aliphatic rings. The van der Waals surface area contributed by atoms with E-state index in [-0.39, 0.29) is 11.9 Å². The van der Waals surface area contributed by atoms with Crippen molar-refractivity contribution in [2.75, 3.05) is 13.7 Å². The van der Waals surface area contributed by atoms with Crippen molar-refractivity contribution in [2.24, 2.45) is 0 Å². The lowest BCUT2D eigenvalue weighted by Crippen LogP contribution is -2.41. The second-order valence-corrected chi connectivity index (χ2v) is 5.06. The number of amides is 1. The van der Waals surface area contributed by atoms with E-state index in [1.54, 1.807) is 4.90 Å². The van der Waals surface area contributed by atoms with Crippen molar-refractivity contribution in [3.8, 4) is 0 Å². The van der Waals surface area contributed by atoms with E-state index >= 15 is 0 Å². The van der Waals surface area contributed by atoms with Crippen LogP contribution in [0.4, 0.5) is 0 Å². The number of esters is 1. The van der Waals surface area contributed by atoms with Crippen molar-refractivity contribution < 1.29 is 14.3 Å². The fourth-order valence-electron chi connectivity index (χ4n) is 2.65. The van der Waals surface area contributed by atoms with Gasteiger partial charge < -0.3 is 9.64 Å². The summed E-state index contributed by atoms with van der Waals surface area (Å²) >= 11 is 0. The molecule has 19 heavy (non-hydrogen) atoms. The summed E-state index contributed by atoms with van der Waals surface area (Å²) in [5.41, 5.74) is 2.75. The molecule has 0 spiro atoms. The Balaban J connectivity index is 2.25. The van der Waals surface area contributed by atoms with Gasteiger partial charge in [-0.15, -0.1) is 0 Å². The number of nitrogens with zero attached hydrogens (tertiary/aromatic N) is 1. The average Bonchev–Trinajstić information content (AvgIpc) is 2.84. The third-order valence-corrected chi connectivity index (χ3v) is 3.46. The number of carbonyl (C=O) groups excluding carboxylic acids is 2. The van der Waals surface area contributed by atoms with Crippen LogP contribution in [0.25, 0.3) is 0 Å². The van der Waals surface area contributed by atoms with E-state index in [1.165, 1.54) is 7.11 Å². The number of hydrogen-bond acceptors (Lipinski definition) is 3. The maximum atomic E-state index is 12.5. The van der Waals surface area contributed by atoms with E-state index in [0.717, 1.165) is 17.5 Å². The first-order chi connectivity index (χ1) is 9.02. The summed E-state index contributed by atoms with van der Waals surface area (Å²) in [6.07, 6.45) is 1.53. The van der Waals surface area contributed by atoms with Crippen LogP contribution in [-0.2, 0) is 9.53 Å². The normalized spacial score (nSPS) is 18.5. The Morgan fingerprint density at radius 3 is 2.42 bits per heavy atom. The minimum atomic E-state index is -0.432. The highest BCUT2D eigenvalue weighted by Gasteiger charge is 2.35. The molecule has 4 heteroatoms. The van der Waals surface area contributed by atoms with E-state index in [4.69, 9.17) is 4.74 Å². The fraction of sp³-hybridized carbons (Fsp3) is 0.467. The fourth-order valence-corrected chi connectivity index (χ4v) is 2.65. The molecule has 1 amide bonds. The van der Waals surface area contributed by atoms with Gasteiger partial charge in [-0.3, -0.25) is 4.79 Å². The van der Waals surface area contributed by atoms with E-state index in [0.29, 0.717) is 18.5 Å². The average molecular weight is 261 g/mol. The smallest absolute Gasteiger partial charge is 0.328 e. The van der Waals surface area contributed by atoms with Gasteiger partial charge in [0.1, 0.15) is 6.04 Å². The standard InChI is InChI=1S/C15H19NO3/c1-10-7-11(2)9-12(8-10)14(17)16-6-4-5-13(16)15(18)19-3/h7-9,13H,4-6H2,1-3H3. The summed E-state index contributed by atoms with van der Waals surface area (Å²) in [5.74, 6) is -0.407. The Kier molecular flexibility index (Phi) is 3.88. The first-order valence-corrected chi connectivity index (χ1v) is 6.50. The Morgan fingerprint density at radius 2 is 1.84 bits per heavy atom. The Bertz CT molecular complexity index is 490. The molecule has 0 N–H and O–H groups in total. The van der Waals surface area contributed by atoms with Crippen molar-refractivity contribution >= 4 is 11.9 Å². The van der Waals surface area contributed by atoms with E-state index in [1.807, 2.05) is 32.0 Å². The van der Waals surface area contributed by atoms with Crippen molar-refractivity contribution in [3.05, 3.63) is 34.9 Å². The monoisotopic (exact) mass is 261 g/mol. The molecule has 0 radical (unpaired) electrons. The topological polar surface area (TPSA) is 46.6 Å². The van der Waals surface area contributed by atoms with Crippen LogP contribution in [0.3, 0.4) is 0 Å². The lowest BCUT2D eigenvalue weighted by molar-refractivity contribution is -0.145. The lowest BCUT2D eigenvalue weighted by atomic mass is 10.1. The van der Waals surface area contributed by atoms with Crippen LogP contribution in [0.15, 0.2) is 18.2 Å². The van der Waals surface area contributed by atoms with E-state index < -0.39 is 6.04 Å².